The maximum Gasteiger partial charge on any atom is 0.125 e. The van der Waals surface area contributed by atoms with Crippen molar-refractivity contribution in [3.63, 3.8) is 0 Å². The van der Waals surface area contributed by atoms with E-state index in [1.807, 2.05) is 6.07 Å². The first-order chi connectivity index (χ1) is 8.68. The van der Waals surface area contributed by atoms with Gasteiger partial charge in [0.05, 0.1) is 5.52 Å². The number of aromatic nitrogens is 1. The highest BCUT2D eigenvalue weighted by Crippen LogP contribution is 2.33. The largest absolute Gasteiger partial charge is 0.347 e. The predicted octanol–water partition coefficient (Wildman–Crippen LogP) is 3.09. The summed E-state index contributed by atoms with van der Waals surface area (Å²) in [5.41, 5.74) is 3.68. The van der Waals surface area contributed by atoms with Crippen molar-refractivity contribution in [1.82, 2.24) is 9.88 Å². The Labute approximate surface area is 107 Å². The van der Waals surface area contributed by atoms with Gasteiger partial charge in [0, 0.05) is 30.6 Å². The van der Waals surface area contributed by atoms with E-state index in [4.69, 9.17) is 0 Å². The summed E-state index contributed by atoms with van der Waals surface area (Å²) in [5.74, 6) is 0.399. The highest BCUT2D eigenvalue weighted by atomic mass is 19.1. The Balaban J connectivity index is 2.16. The SMILES string of the molecule is Cc1c(C2CCCNC2)n(C)c2cc(F)ccc12. The Hall–Kier alpha value is -1.35. The summed E-state index contributed by atoms with van der Waals surface area (Å²) in [5, 5.41) is 4.64. The number of fused-ring (bicyclic) bond motifs is 1. The molecule has 0 saturated carbocycles. The number of halogens is 1. The molecular formula is C15H19FN2. The van der Waals surface area contributed by atoms with Gasteiger partial charge in [0.15, 0.2) is 0 Å². The van der Waals surface area contributed by atoms with Gasteiger partial charge in [-0.2, -0.15) is 0 Å². The summed E-state index contributed by atoms with van der Waals surface area (Å²) < 4.78 is 15.5. The maximum atomic E-state index is 13.4. The molecule has 1 aliphatic rings. The number of nitrogens with zero attached hydrogens (tertiary/aromatic N) is 1. The van der Waals surface area contributed by atoms with Crippen molar-refractivity contribution in [3.8, 4) is 0 Å². The van der Waals surface area contributed by atoms with Crippen LogP contribution in [0.2, 0.25) is 0 Å². The summed E-state index contributed by atoms with van der Waals surface area (Å²) in [4.78, 5) is 0. The van der Waals surface area contributed by atoms with E-state index in [0.29, 0.717) is 5.92 Å². The van der Waals surface area contributed by atoms with Gasteiger partial charge in [0.1, 0.15) is 5.82 Å². The Kier molecular flexibility index (Phi) is 2.86. The molecule has 1 aromatic heterocycles. The molecule has 0 spiro atoms. The molecule has 1 saturated heterocycles. The van der Waals surface area contributed by atoms with Crippen LogP contribution in [-0.4, -0.2) is 17.7 Å². The fourth-order valence-corrected chi connectivity index (χ4v) is 3.28. The molecule has 0 bridgehead atoms. The van der Waals surface area contributed by atoms with Gasteiger partial charge in [-0.25, -0.2) is 4.39 Å². The van der Waals surface area contributed by atoms with E-state index in [-0.39, 0.29) is 5.82 Å². The van der Waals surface area contributed by atoms with Crippen LogP contribution < -0.4 is 5.32 Å². The second-order valence-electron chi connectivity index (χ2n) is 5.27. The molecule has 0 radical (unpaired) electrons. The molecular weight excluding hydrogens is 227 g/mol. The molecule has 1 N–H and O–H groups in total. The van der Waals surface area contributed by atoms with Crippen molar-refractivity contribution in [3.05, 3.63) is 35.3 Å². The lowest BCUT2D eigenvalue weighted by Crippen LogP contribution is -2.29. The van der Waals surface area contributed by atoms with Crippen LogP contribution in [0.3, 0.4) is 0 Å². The molecule has 1 fully saturated rings. The molecule has 1 unspecified atom stereocenters. The third-order valence-corrected chi connectivity index (χ3v) is 4.15. The van der Waals surface area contributed by atoms with E-state index in [2.05, 4.69) is 23.9 Å². The summed E-state index contributed by atoms with van der Waals surface area (Å²) in [6.07, 6.45) is 2.44. The lowest BCUT2D eigenvalue weighted by molar-refractivity contribution is 0.447. The quantitative estimate of drug-likeness (QED) is 0.818. The van der Waals surface area contributed by atoms with Crippen LogP contribution >= 0.6 is 0 Å². The molecule has 1 aromatic carbocycles. The average molecular weight is 246 g/mol. The van der Waals surface area contributed by atoms with Crippen LogP contribution in [0.5, 0.6) is 0 Å². The lowest BCUT2D eigenvalue weighted by Gasteiger charge is -2.24. The number of nitrogens with one attached hydrogen (secondary N) is 1. The minimum absolute atomic E-state index is 0.156. The molecule has 1 atom stereocenters. The summed E-state index contributed by atoms with van der Waals surface area (Å²) in [7, 11) is 2.05. The van der Waals surface area contributed by atoms with E-state index in [1.54, 1.807) is 12.1 Å². The predicted molar refractivity (Wildman–Crippen MR) is 72.5 cm³/mol. The van der Waals surface area contributed by atoms with Gasteiger partial charge in [-0.3, -0.25) is 0 Å². The Morgan fingerprint density at radius 3 is 2.94 bits per heavy atom. The van der Waals surface area contributed by atoms with E-state index < -0.39 is 0 Å². The lowest BCUT2D eigenvalue weighted by atomic mass is 9.93. The monoisotopic (exact) mass is 246 g/mol. The summed E-state index contributed by atoms with van der Waals surface area (Å²) >= 11 is 0. The molecule has 1 aliphatic heterocycles. The summed E-state index contributed by atoms with van der Waals surface area (Å²) in [6.45, 7) is 4.31. The third-order valence-electron chi connectivity index (χ3n) is 4.15. The van der Waals surface area contributed by atoms with Crippen LogP contribution in [0.15, 0.2) is 18.2 Å². The molecule has 0 amide bonds. The van der Waals surface area contributed by atoms with Gasteiger partial charge in [0.2, 0.25) is 0 Å². The van der Waals surface area contributed by atoms with Gasteiger partial charge in [-0.1, -0.05) is 0 Å². The minimum Gasteiger partial charge on any atom is -0.347 e. The van der Waals surface area contributed by atoms with Gasteiger partial charge in [-0.15, -0.1) is 0 Å². The molecule has 2 heterocycles. The van der Waals surface area contributed by atoms with E-state index in [9.17, 15) is 4.39 Å². The number of rotatable bonds is 1. The van der Waals surface area contributed by atoms with E-state index in [1.165, 1.54) is 29.5 Å². The van der Waals surface area contributed by atoms with E-state index in [0.717, 1.165) is 18.6 Å². The molecule has 3 heteroatoms. The van der Waals surface area contributed by atoms with Crippen molar-refractivity contribution in [2.75, 3.05) is 13.1 Å². The van der Waals surface area contributed by atoms with Crippen LogP contribution in [0, 0.1) is 12.7 Å². The normalized spacial score (nSPS) is 20.5. The smallest absolute Gasteiger partial charge is 0.125 e. The molecule has 0 aliphatic carbocycles. The van der Waals surface area contributed by atoms with Crippen molar-refractivity contribution >= 4 is 10.9 Å². The number of benzene rings is 1. The first-order valence-corrected chi connectivity index (χ1v) is 6.63. The zero-order valence-electron chi connectivity index (χ0n) is 11.0. The van der Waals surface area contributed by atoms with Crippen LogP contribution in [0.25, 0.3) is 10.9 Å². The van der Waals surface area contributed by atoms with Gasteiger partial charge < -0.3 is 9.88 Å². The van der Waals surface area contributed by atoms with Crippen molar-refractivity contribution in [1.29, 1.82) is 0 Å². The fourth-order valence-electron chi connectivity index (χ4n) is 3.28. The zero-order chi connectivity index (χ0) is 12.7. The van der Waals surface area contributed by atoms with E-state index >= 15 is 0 Å². The van der Waals surface area contributed by atoms with Crippen molar-refractivity contribution < 1.29 is 4.39 Å². The van der Waals surface area contributed by atoms with Gasteiger partial charge in [0.25, 0.3) is 0 Å². The van der Waals surface area contributed by atoms with Crippen LogP contribution in [-0.2, 0) is 7.05 Å². The summed E-state index contributed by atoms with van der Waals surface area (Å²) in [6, 6.07) is 5.10. The van der Waals surface area contributed by atoms with Gasteiger partial charge in [-0.05, 0) is 50.1 Å². The fraction of sp³-hybridized carbons (Fsp3) is 0.467. The molecule has 18 heavy (non-hydrogen) atoms. The highest BCUT2D eigenvalue weighted by molar-refractivity contribution is 5.85. The molecule has 96 valence electrons. The third kappa shape index (κ3) is 1.74. The van der Waals surface area contributed by atoms with Crippen molar-refractivity contribution in [2.45, 2.75) is 25.7 Å². The van der Waals surface area contributed by atoms with Gasteiger partial charge >= 0.3 is 0 Å². The average Bonchev–Trinajstić information content (AvgIpc) is 2.63. The Morgan fingerprint density at radius 1 is 1.39 bits per heavy atom. The first kappa shape index (κ1) is 11.7. The van der Waals surface area contributed by atoms with Crippen LogP contribution in [0.4, 0.5) is 4.39 Å². The zero-order valence-corrected chi connectivity index (χ0v) is 11.0. The number of hydrogen-bond acceptors (Lipinski definition) is 1. The number of hydrogen-bond donors (Lipinski definition) is 1. The molecule has 3 rings (SSSR count). The van der Waals surface area contributed by atoms with Crippen LogP contribution in [0.1, 0.15) is 30.0 Å². The number of aryl methyl sites for hydroxylation is 2. The molecule has 2 nitrogen and oxygen atoms in total. The topological polar surface area (TPSA) is 17.0 Å². The molecule has 2 aromatic rings. The van der Waals surface area contributed by atoms with Crippen molar-refractivity contribution in [2.24, 2.45) is 7.05 Å². The second-order valence-corrected chi connectivity index (χ2v) is 5.27. The number of piperidine rings is 1. The Morgan fingerprint density at radius 2 is 2.22 bits per heavy atom. The standard InChI is InChI=1S/C15H19FN2/c1-10-13-6-5-12(16)8-14(13)18(2)15(10)11-4-3-7-17-9-11/h5-6,8,11,17H,3-4,7,9H2,1-2H3. The first-order valence-electron chi connectivity index (χ1n) is 6.63. The highest BCUT2D eigenvalue weighted by Gasteiger charge is 2.22. The maximum absolute atomic E-state index is 13.4. The second kappa shape index (κ2) is 4.39. The minimum atomic E-state index is -0.156. The Bertz CT molecular complexity index is 580.